The predicted molar refractivity (Wildman–Crippen MR) is 147 cm³/mol. The van der Waals surface area contributed by atoms with Crippen molar-refractivity contribution in [2.45, 2.75) is 75.7 Å². The van der Waals surface area contributed by atoms with Crippen molar-refractivity contribution in [3.8, 4) is 5.75 Å². The van der Waals surface area contributed by atoms with Gasteiger partial charge in [-0.15, -0.1) is 11.8 Å². The Morgan fingerprint density at radius 3 is 2.41 bits per heavy atom. The molecule has 37 heavy (non-hydrogen) atoms. The molecule has 9 heteroatoms. The number of sulfone groups is 1. The van der Waals surface area contributed by atoms with E-state index in [2.05, 4.69) is 6.92 Å². The highest BCUT2D eigenvalue weighted by atomic mass is 32.2. The second kappa shape index (κ2) is 11.6. The summed E-state index contributed by atoms with van der Waals surface area (Å²) < 4.78 is 52.7. The molecule has 0 N–H and O–H groups in total. The first-order valence-electron chi connectivity index (χ1n) is 12.7. The molecule has 0 aromatic heterocycles. The molecule has 0 bridgehead atoms. The number of fused-ring (bicyclic) bond motifs is 1. The number of carbonyl (C=O) groups excluding carboxylic acids is 1. The standard InChI is InChI=1S/C28H38FNO5S2/c1-7-9-14-28(8-2)18-30(21-12-10-20(29)11-13-21)22-15-24(36-6)23(16-25(22)37(32,33)19-28)34-17-26(31)35-27(3,4)5/h10-13,15-16H,7-9,14,17-19H2,1-6H3/t28-/m1/s1. The minimum absolute atomic E-state index is 0.00527. The monoisotopic (exact) mass is 551 g/mol. The van der Waals surface area contributed by atoms with Crippen LogP contribution < -0.4 is 9.64 Å². The summed E-state index contributed by atoms with van der Waals surface area (Å²) in [7, 11) is -3.71. The lowest BCUT2D eigenvalue weighted by Crippen LogP contribution is -2.37. The Balaban J connectivity index is 2.14. The van der Waals surface area contributed by atoms with Crippen LogP contribution in [0, 0.1) is 11.2 Å². The number of hydrogen-bond donors (Lipinski definition) is 0. The van der Waals surface area contributed by atoms with Gasteiger partial charge in [-0.05, 0) is 70.2 Å². The zero-order valence-corrected chi connectivity index (χ0v) is 24.2. The minimum atomic E-state index is -3.71. The first kappa shape index (κ1) is 29.3. The molecule has 1 heterocycles. The Morgan fingerprint density at radius 1 is 1.16 bits per heavy atom. The van der Waals surface area contributed by atoms with Gasteiger partial charge in [0, 0.05) is 23.7 Å². The molecular formula is C28H38FNO5S2. The summed E-state index contributed by atoms with van der Waals surface area (Å²) in [6.45, 7) is 9.61. The molecule has 0 radical (unpaired) electrons. The van der Waals surface area contributed by atoms with Gasteiger partial charge in [0.1, 0.15) is 17.2 Å². The van der Waals surface area contributed by atoms with Crippen molar-refractivity contribution >= 4 is 38.9 Å². The van der Waals surface area contributed by atoms with E-state index in [4.69, 9.17) is 9.47 Å². The first-order valence-corrected chi connectivity index (χ1v) is 15.5. The first-order chi connectivity index (χ1) is 17.3. The number of hydrogen-bond acceptors (Lipinski definition) is 7. The number of thioether (sulfide) groups is 1. The molecule has 0 fully saturated rings. The summed E-state index contributed by atoms with van der Waals surface area (Å²) in [4.78, 5) is 15.1. The van der Waals surface area contributed by atoms with Gasteiger partial charge in [0.2, 0.25) is 0 Å². The average molecular weight is 552 g/mol. The van der Waals surface area contributed by atoms with E-state index in [0.29, 0.717) is 29.3 Å². The van der Waals surface area contributed by atoms with Gasteiger partial charge in [-0.2, -0.15) is 0 Å². The molecular weight excluding hydrogens is 513 g/mol. The van der Waals surface area contributed by atoms with Crippen LogP contribution in [-0.4, -0.2) is 45.1 Å². The number of anilines is 2. The average Bonchev–Trinajstić information content (AvgIpc) is 2.92. The number of ether oxygens (including phenoxy) is 2. The number of carbonyl (C=O) groups is 1. The van der Waals surface area contributed by atoms with Crippen LogP contribution in [-0.2, 0) is 19.4 Å². The molecule has 1 aliphatic rings. The van der Waals surface area contributed by atoms with E-state index >= 15 is 0 Å². The lowest BCUT2D eigenvalue weighted by molar-refractivity contribution is -0.157. The van der Waals surface area contributed by atoms with Crippen molar-refractivity contribution in [3.63, 3.8) is 0 Å². The zero-order valence-electron chi connectivity index (χ0n) is 22.6. The fraction of sp³-hybridized carbons (Fsp3) is 0.536. The fourth-order valence-electron chi connectivity index (χ4n) is 4.66. The highest BCUT2D eigenvalue weighted by Gasteiger charge is 2.42. The van der Waals surface area contributed by atoms with Gasteiger partial charge in [-0.1, -0.05) is 26.7 Å². The Kier molecular flexibility index (Phi) is 9.22. The van der Waals surface area contributed by atoms with Crippen molar-refractivity contribution in [1.82, 2.24) is 0 Å². The number of esters is 1. The number of rotatable bonds is 9. The van der Waals surface area contributed by atoms with Crippen molar-refractivity contribution in [2.24, 2.45) is 5.41 Å². The lowest BCUT2D eigenvalue weighted by Gasteiger charge is -2.36. The summed E-state index contributed by atoms with van der Waals surface area (Å²) in [5.41, 5.74) is 0.132. The predicted octanol–water partition coefficient (Wildman–Crippen LogP) is 6.78. The minimum Gasteiger partial charge on any atom is -0.481 e. The van der Waals surface area contributed by atoms with Crippen molar-refractivity contribution in [2.75, 3.05) is 30.1 Å². The van der Waals surface area contributed by atoms with Crippen molar-refractivity contribution in [1.29, 1.82) is 0 Å². The van der Waals surface area contributed by atoms with E-state index in [9.17, 15) is 17.6 Å². The molecule has 2 aromatic rings. The normalized spacial score (nSPS) is 19.2. The van der Waals surface area contributed by atoms with Crippen LogP contribution >= 0.6 is 11.8 Å². The van der Waals surface area contributed by atoms with Gasteiger partial charge < -0.3 is 14.4 Å². The third-order valence-corrected chi connectivity index (χ3v) is 9.32. The van der Waals surface area contributed by atoms with Crippen LogP contribution in [0.25, 0.3) is 0 Å². The molecule has 6 nitrogen and oxygen atoms in total. The quantitative estimate of drug-likeness (QED) is 0.251. The second-order valence-corrected chi connectivity index (χ2v) is 13.4. The molecule has 0 unspecified atom stereocenters. The Hall–Kier alpha value is -2.26. The third kappa shape index (κ3) is 7.19. The number of halogens is 1. The summed E-state index contributed by atoms with van der Waals surface area (Å²) in [6, 6.07) is 9.48. The molecule has 2 aromatic carbocycles. The van der Waals surface area contributed by atoms with E-state index < -0.39 is 26.8 Å². The van der Waals surface area contributed by atoms with E-state index in [-0.39, 0.29) is 23.1 Å². The number of benzene rings is 2. The molecule has 0 amide bonds. The van der Waals surface area contributed by atoms with Gasteiger partial charge in [0.05, 0.1) is 21.2 Å². The molecule has 204 valence electrons. The SMILES string of the molecule is CCCC[C@]1(CC)CN(c2ccc(F)cc2)c2cc(SC)c(OCC(=O)OC(C)(C)C)cc2S(=O)(=O)C1. The highest BCUT2D eigenvalue weighted by Crippen LogP contribution is 2.47. The summed E-state index contributed by atoms with van der Waals surface area (Å²) in [5, 5.41) is 0. The largest absolute Gasteiger partial charge is 0.481 e. The van der Waals surface area contributed by atoms with Crippen LogP contribution in [0.1, 0.15) is 60.3 Å². The maximum Gasteiger partial charge on any atom is 0.344 e. The maximum absolute atomic E-state index is 13.9. The fourth-order valence-corrected chi connectivity index (χ4v) is 7.39. The molecule has 1 aliphatic heterocycles. The van der Waals surface area contributed by atoms with Crippen LogP contribution in [0.4, 0.5) is 15.8 Å². The van der Waals surface area contributed by atoms with E-state index in [1.807, 2.05) is 18.1 Å². The van der Waals surface area contributed by atoms with Crippen LogP contribution in [0.15, 0.2) is 46.2 Å². The van der Waals surface area contributed by atoms with Gasteiger partial charge in [0.15, 0.2) is 16.4 Å². The van der Waals surface area contributed by atoms with Crippen LogP contribution in [0.2, 0.25) is 0 Å². The number of unbranched alkanes of at least 4 members (excludes halogenated alkanes) is 1. The summed E-state index contributed by atoms with van der Waals surface area (Å²) in [6.07, 6.45) is 5.20. The van der Waals surface area contributed by atoms with Crippen LogP contribution in [0.5, 0.6) is 5.75 Å². The van der Waals surface area contributed by atoms with Gasteiger partial charge in [-0.25, -0.2) is 17.6 Å². The summed E-state index contributed by atoms with van der Waals surface area (Å²) in [5.74, 6) is -0.562. The molecule has 0 saturated carbocycles. The van der Waals surface area contributed by atoms with Crippen LogP contribution in [0.3, 0.4) is 0 Å². The molecule has 3 rings (SSSR count). The second-order valence-electron chi connectivity index (χ2n) is 10.6. The topological polar surface area (TPSA) is 72.9 Å². The van der Waals surface area contributed by atoms with Gasteiger partial charge in [-0.3, -0.25) is 0 Å². The Labute approximate surface area is 224 Å². The van der Waals surface area contributed by atoms with E-state index in [1.54, 1.807) is 39.0 Å². The summed E-state index contributed by atoms with van der Waals surface area (Å²) >= 11 is 1.40. The lowest BCUT2D eigenvalue weighted by atomic mass is 9.81. The highest BCUT2D eigenvalue weighted by molar-refractivity contribution is 7.98. The molecule has 0 saturated heterocycles. The van der Waals surface area contributed by atoms with E-state index in [1.165, 1.54) is 30.0 Å². The Morgan fingerprint density at radius 2 is 1.84 bits per heavy atom. The zero-order chi connectivity index (χ0) is 27.4. The number of nitrogens with zero attached hydrogens (tertiary/aromatic N) is 1. The maximum atomic E-state index is 13.9. The van der Waals surface area contributed by atoms with Crippen molar-refractivity contribution in [3.05, 3.63) is 42.2 Å². The molecule has 0 spiro atoms. The van der Waals surface area contributed by atoms with Gasteiger partial charge in [0.25, 0.3) is 0 Å². The molecule has 1 atom stereocenters. The van der Waals surface area contributed by atoms with Gasteiger partial charge >= 0.3 is 5.97 Å². The third-order valence-electron chi connectivity index (χ3n) is 6.58. The smallest absolute Gasteiger partial charge is 0.344 e. The Bertz CT molecular complexity index is 1210. The molecule has 0 aliphatic carbocycles. The van der Waals surface area contributed by atoms with E-state index in [0.717, 1.165) is 24.9 Å². The van der Waals surface area contributed by atoms with Crippen molar-refractivity contribution < 1.29 is 27.1 Å².